The number of hydrogen-bond donors (Lipinski definition) is 2. The normalized spacial score (nSPS) is 14.6. The molecule has 7 nitrogen and oxygen atoms in total. The number of carbonyl (C=O) groups is 1. The fraction of sp³-hybridized carbons (Fsp3) is 0.348. The van der Waals surface area contributed by atoms with Gasteiger partial charge < -0.3 is 5.32 Å². The molecule has 0 saturated heterocycles. The molecular weight excluding hydrogens is 482 g/mol. The van der Waals surface area contributed by atoms with Crippen LogP contribution < -0.4 is 10.0 Å². The number of benzene rings is 1. The molecular formula is C23H24F2N4O3S2. The van der Waals surface area contributed by atoms with Crippen LogP contribution in [-0.4, -0.2) is 29.5 Å². The van der Waals surface area contributed by atoms with E-state index in [0.717, 1.165) is 18.3 Å². The lowest BCUT2D eigenvalue weighted by Crippen LogP contribution is -2.35. The molecule has 1 aliphatic rings. The first-order chi connectivity index (χ1) is 15.9. The minimum absolute atomic E-state index is 0.229. The summed E-state index contributed by atoms with van der Waals surface area (Å²) < 4.78 is 54.6. The van der Waals surface area contributed by atoms with E-state index in [1.807, 2.05) is 0 Å². The Morgan fingerprint density at radius 2 is 1.79 bits per heavy atom. The predicted octanol–water partition coefficient (Wildman–Crippen LogP) is 5.14. The number of alkyl halides is 2. The number of aromatic nitrogens is 2. The molecule has 0 atom stereocenters. The second-order valence-corrected chi connectivity index (χ2v) is 11.6. The van der Waals surface area contributed by atoms with Gasteiger partial charge in [-0.15, -0.1) is 11.3 Å². The quantitative estimate of drug-likeness (QED) is 0.441. The van der Waals surface area contributed by atoms with E-state index >= 15 is 0 Å². The van der Waals surface area contributed by atoms with E-state index in [1.54, 1.807) is 55.6 Å². The Bertz CT molecular complexity index is 1310. The summed E-state index contributed by atoms with van der Waals surface area (Å²) in [5, 5.41) is 4.33. The van der Waals surface area contributed by atoms with Crippen molar-refractivity contribution < 1.29 is 22.0 Å². The lowest BCUT2D eigenvalue weighted by atomic mass is 9.89. The van der Waals surface area contributed by atoms with Crippen LogP contribution in [0.15, 0.2) is 48.0 Å². The zero-order valence-electron chi connectivity index (χ0n) is 18.8. The summed E-state index contributed by atoms with van der Waals surface area (Å²) in [6.45, 7) is 4.18. The average Bonchev–Trinajstić information content (AvgIpc) is 3.54. The first-order valence-electron chi connectivity index (χ1n) is 10.6. The number of thiazole rings is 1. The Hall–Kier alpha value is -2.92. The van der Waals surface area contributed by atoms with Crippen molar-refractivity contribution in [1.29, 1.82) is 0 Å². The van der Waals surface area contributed by atoms with Crippen LogP contribution >= 0.6 is 11.3 Å². The highest BCUT2D eigenvalue weighted by Gasteiger charge is 2.37. The van der Waals surface area contributed by atoms with E-state index in [2.05, 4.69) is 20.0 Å². The lowest BCUT2D eigenvalue weighted by Gasteiger charge is -2.21. The van der Waals surface area contributed by atoms with Gasteiger partial charge in [0, 0.05) is 29.8 Å². The number of anilines is 2. The number of sulfonamides is 1. The summed E-state index contributed by atoms with van der Waals surface area (Å²) in [7, 11) is -3.43. The number of nitrogens with zero attached hydrogens (tertiary/aromatic N) is 2. The van der Waals surface area contributed by atoms with Crippen molar-refractivity contribution in [1.82, 2.24) is 9.97 Å². The van der Waals surface area contributed by atoms with Gasteiger partial charge in [-0.25, -0.2) is 13.4 Å². The molecule has 0 spiro atoms. The highest BCUT2D eigenvalue weighted by Crippen LogP contribution is 2.35. The number of halogens is 2. The van der Waals surface area contributed by atoms with Gasteiger partial charge in [0.1, 0.15) is 5.69 Å². The fourth-order valence-corrected chi connectivity index (χ4v) is 5.79. The molecule has 2 aromatic heterocycles. The molecule has 180 valence electrons. The zero-order chi connectivity index (χ0) is 24.7. The van der Waals surface area contributed by atoms with E-state index in [-0.39, 0.29) is 22.0 Å². The SMILES string of the molecule is CC(F)(F)c1ncccc1-c1ccc(NC(=O)C(C)(C)c2csc(NS(=O)(=O)C3CC3)n2)cc1. The van der Waals surface area contributed by atoms with Crippen LogP contribution in [0, 0.1) is 0 Å². The molecule has 3 aromatic rings. The Labute approximate surface area is 200 Å². The van der Waals surface area contributed by atoms with Gasteiger partial charge >= 0.3 is 0 Å². The van der Waals surface area contributed by atoms with Crippen molar-refractivity contribution in [2.75, 3.05) is 10.0 Å². The molecule has 1 aromatic carbocycles. The van der Waals surface area contributed by atoms with Gasteiger partial charge in [0.05, 0.1) is 16.4 Å². The molecule has 0 bridgehead atoms. The molecule has 0 unspecified atom stereocenters. The Morgan fingerprint density at radius 1 is 1.12 bits per heavy atom. The number of amides is 1. The molecule has 1 saturated carbocycles. The average molecular weight is 507 g/mol. The summed E-state index contributed by atoms with van der Waals surface area (Å²) >= 11 is 1.13. The zero-order valence-corrected chi connectivity index (χ0v) is 20.4. The third-order valence-corrected chi connectivity index (χ3v) is 8.30. The summed E-state index contributed by atoms with van der Waals surface area (Å²) in [5.41, 5.74) is 0.431. The van der Waals surface area contributed by atoms with E-state index in [0.29, 0.717) is 35.3 Å². The van der Waals surface area contributed by atoms with E-state index in [4.69, 9.17) is 0 Å². The fourth-order valence-electron chi connectivity index (χ4n) is 3.32. The van der Waals surface area contributed by atoms with Crippen LogP contribution in [0.4, 0.5) is 19.6 Å². The highest BCUT2D eigenvalue weighted by molar-refractivity contribution is 7.93. The minimum Gasteiger partial charge on any atom is -0.325 e. The molecule has 34 heavy (non-hydrogen) atoms. The Kier molecular flexibility index (Phi) is 6.19. The van der Waals surface area contributed by atoms with E-state index in [9.17, 15) is 22.0 Å². The van der Waals surface area contributed by atoms with E-state index < -0.39 is 21.4 Å². The largest absolute Gasteiger partial charge is 0.325 e. The van der Waals surface area contributed by atoms with Gasteiger partial charge in [0.25, 0.3) is 5.92 Å². The topological polar surface area (TPSA) is 101 Å². The van der Waals surface area contributed by atoms with Gasteiger partial charge in [-0.2, -0.15) is 8.78 Å². The standard InChI is InChI=1S/C23H24F2N4O3S2/c1-22(2,18-13-33-21(28-18)29-34(31,32)16-10-11-16)20(30)27-15-8-6-14(7-9-15)17-5-4-12-26-19(17)23(3,24)25/h4-9,12-13,16H,10-11H2,1-3H3,(H,27,30)(H,28,29). The highest BCUT2D eigenvalue weighted by atomic mass is 32.2. The van der Waals surface area contributed by atoms with Crippen LogP contribution in [0.5, 0.6) is 0 Å². The Morgan fingerprint density at radius 3 is 2.41 bits per heavy atom. The van der Waals surface area contributed by atoms with Crippen LogP contribution in [0.1, 0.15) is 45.0 Å². The van der Waals surface area contributed by atoms with Gasteiger partial charge in [0.15, 0.2) is 5.13 Å². The second-order valence-electron chi connectivity index (χ2n) is 8.83. The first-order valence-corrected chi connectivity index (χ1v) is 13.0. The minimum atomic E-state index is -3.43. The maximum absolute atomic E-state index is 13.9. The molecule has 2 N–H and O–H groups in total. The van der Waals surface area contributed by atoms with Crippen molar-refractivity contribution in [3.8, 4) is 11.1 Å². The summed E-state index contributed by atoms with van der Waals surface area (Å²) in [4.78, 5) is 21.1. The molecule has 0 aliphatic heterocycles. The predicted molar refractivity (Wildman–Crippen MR) is 129 cm³/mol. The third kappa shape index (κ3) is 5.10. The molecule has 0 radical (unpaired) electrons. The van der Waals surface area contributed by atoms with Gasteiger partial charge in [-0.05, 0) is 50.5 Å². The van der Waals surface area contributed by atoms with Gasteiger partial charge in [-0.3, -0.25) is 14.5 Å². The number of pyridine rings is 1. The van der Waals surface area contributed by atoms with Crippen molar-refractivity contribution in [3.05, 3.63) is 59.4 Å². The lowest BCUT2D eigenvalue weighted by molar-refractivity contribution is -0.120. The third-order valence-electron chi connectivity index (χ3n) is 5.58. The second kappa shape index (κ2) is 8.70. The summed E-state index contributed by atoms with van der Waals surface area (Å²) in [5.74, 6) is -3.43. The molecule has 4 rings (SSSR count). The maximum atomic E-state index is 13.9. The van der Waals surface area contributed by atoms with Crippen LogP contribution in [0.2, 0.25) is 0 Å². The molecule has 1 amide bonds. The maximum Gasteiger partial charge on any atom is 0.287 e. The summed E-state index contributed by atoms with van der Waals surface area (Å²) in [6, 6.07) is 9.71. The molecule has 2 heterocycles. The van der Waals surface area contributed by atoms with Crippen LogP contribution in [0.25, 0.3) is 11.1 Å². The first kappa shape index (κ1) is 24.2. The number of carbonyl (C=O) groups excluding carboxylic acids is 1. The van der Waals surface area contributed by atoms with Crippen LogP contribution in [0.3, 0.4) is 0 Å². The Balaban J connectivity index is 1.48. The molecule has 1 fully saturated rings. The van der Waals surface area contributed by atoms with E-state index in [1.165, 1.54) is 6.20 Å². The monoisotopic (exact) mass is 506 g/mol. The van der Waals surface area contributed by atoms with Gasteiger partial charge in [-0.1, -0.05) is 18.2 Å². The van der Waals surface area contributed by atoms with Crippen molar-refractivity contribution >= 4 is 38.1 Å². The number of rotatable bonds is 8. The number of nitrogens with one attached hydrogen (secondary N) is 2. The van der Waals surface area contributed by atoms with Crippen LogP contribution in [-0.2, 0) is 26.2 Å². The van der Waals surface area contributed by atoms with Crippen molar-refractivity contribution in [2.45, 2.75) is 50.2 Å². The van der Waals surface area contributed by atoms with Gasteiger partial charge in [0.2, 0.25) is 15.9 Å². The summed E-state index contributed by atoms with van der Waals surface area (Å²) in [6.07, 6.45) is 2.61. The molecule has 1 aliphatic carbocycles. The van der Waals surface area contributed by atoms with Crippen molar-refractivity contribution in [2.24, 2.45) is 0 Å². The smallest absolute Gasteiger partial charge is 0.287 e. The number of hydrogen-bond acceptors (Lipinski definition) is 6. The van der Waals surface area contributed by atoms with Crippen molar-refractivity contribution in [3.63, 3.8) is 0 Å². The molecule has 11 heteroatoms.